The van der Waals surface area contributed by atoms with E-state index < -0.39 is 10.8 Å². The smallest absolute Gasteiger partial charge is 0.191 e. The highest BCUT2D eigenvalue weighted by Gasteiger charge is 2.27. The van der Waals surface area contributed by atoms with Crippen LogP contribution in [0.3, 0.4) is 0 Å². The molecule has 6 heteroatoms. The van der Waals surface area contributed by atoms with Crippen LogP contribution in [0.5, 0.6) is 0 Å². The molecule has 0 aliphatic heterocycles. The molecule has 3 unspecified atom stereocenters. The summed E-state index contributed by atoms with van der Waals surface area (Å²) in [5.74, 6) is 1.61. The van der Waals surface area contributed by atoms with Gasteiger partial charge in [-0.2, -0.15) is 0 Å². The van der Waals surface area contributed by atoms with Crippen molar-refractivity contribution < 1.29 is 9.32 Å². The maximum atomic E-state index is 12.1. The van der Waals surface area contributed by atoms with Crippen LogP contribution in [0, 0.1) is 5.41 Å². The first kappa shape index (κ1) is 22.4. The minimum absolute atomic E-state index is 0.0793. The molecule has 0 aromatic carbocycles. The maximum Gasteiger partial charge on any atom is 0.191 e. The van der Waals surface area contributed by atoms with Gasteiger partial charge in [-0.05, 0) is 50.9 Å². The monoisotopic (exact) mass is 373 g/mol. The molecule has 0 spiro atoms. The topological polar surface area (TPSA) is 73.7 Å². The Balaban J connectivity index is 2.73. The molecule has 0 saturated heterocycles. The van der Waals surface area contributed by atoms with Crippen LogP contribution in [-0.2, 0) is 10.8 Å². The van der Waals surface area contributed by atoms with Gasteiger partial charge in [0, 0.05) is 47.5 Å². The molecule has 0 radical (unpaired) electrons. The van der Waals surface area contributed by atoms with E-state index >= 15 is 0 Å². The zero-order chi connectivity index (χ0) is 18.7. The van der Waals surface area contributed by atoms with E-state index in [0.717, 1.165) is 69.7 Å². The highest BCUT2D eigenvalue weighted by molar-refractivity contribution is 7.85. The van der Waals surface area contributed by atoms with E-state index in [9.17, 15) is 9.32 Å². The Kier molecular flexibility index (Phi) is 10.7. The number of hydrogen-bond donors (Lipinski definition) is 3. The summed E-state index contributed by atoms with van der Waals surface area (Å²) in [6.45, 7) is 10.2. The number of nitrogens with one attached hydrogen (secondary N) is 2. The number of hydrogen-bond acceptors (Lipinski definition) is 3. The molecule has 0 amide bonds. The third kappa shape index (κ3) is 7.26. The number of aliphatic hydroxyl groups excluding tert-OH is 1. The summed E-state index contributed by atoms with van der Waals surface area (Å²) in [6, 6.07) is 0.350. The zero-order valence-corrected chi connectivity index (χ0v) is 17.5. The molecule has 0 bridgehead atoms. The molecule has 25 heavy (non-hydrogen) atoms. The van der Waals surface area contributed by atoms with Gasteiger partial charge in [0.2, 0.25) is 0 Å². The fraction of sp³-hybridized carbons (Fsp3) is 0.947. The average Bonchev–Trinajstić information content (AvgIpc) is 2.64. The molecule has 0 aromatic rings. The summed E-state index contributed by atoms with van der Waals surface area (Å²) in [6.07, 6.45) is 7.13. The third-order valence-electron chi connectivity index (χ3n) is 5.68. The van der Waals surface area contributed by atoms with Crippen LogP contribution in [0.15, 0.2) is 4.99 Å². The molecule has 1 aliphatic carbocycles. The van der Waals surface area contributed by atoms with E-state index in [1.165, 1.54) is 0 Å². The number of aliphatic imine (C=N–C) groups is 1. The first-order valence-electron chi connectivity index (χ1n) is 10.1. The summed E-state index contributed by atoms with van der Waals surface area (Å²) in [7, 11) is -0.704. The van der Waals surface area contributed by atoms with Crippen molar-refractivity contribution in [3.05, 3.63) is 0 Å². The fourth-order valence-corrected chi connectivity index (χ4v) is 5.00. The molecule has 148 valence electrons. The molecular weight excluding hydrogens is 334 g/mol. The Morgan fingerprint density at radius 1 is 1.24 bits per heavy atom. The highest BCUT2D eigenvalue weighted by atomic mass is 32.2. The Hall–Kier alpha value is -0.620. The van der Waals surface area contributed by atoms with Crippen LogP contribution >= 0.6 is 0 Å². The summed E-state index contributed by atoms with van der Waals surface area (Å²) in [4.78, 5) is 4.84. The van der Waals surface area contributed by atoms with E-state index in [1.807, 2.05) is 6.92 Å². The average molecular weight is 374 g/mol. The van der Waals surface area contributed by atoms with Crippen molar-refractivity contribution in [2.75, 3.05) is 25.4 Å². The van der Waals surface area contributed by atoms with Crippen LogP contribution in [0.25, 0.3) is 0 Å². The first-order chi connectivity index (χ1) is 12.0. The third-order valence-corrected chi connectivity index (χ3v) is 7.42. The van der Waals surface area contributed by atoms with Crippen molar-refractivity contribution >= 4 is 16.8 Å². The maximum absolute atomic E-state index is 12.1. The SMILES string of the molecule is CCNC(=NCC(CC)(CC)CCO)NC1CCCC(S(=O)CC)C1. The van der Waals surface area contributed by atoms with Gasteiger partial charge in [0.1, 0.15) is 0 Å². The van der Waals surface area contributed by atoms with E-state index in [4.69, 9.17) is 4.99 Å². The van der Waals surface area contributed by atoms with Crippen molar-refractivity contribution in [2.45, 2.75) is 83.9 Å². The van der Waals surface area contributed by atoms with E-state index in [1.54, 1.807) is 0 Å². The molecule has 0 heterocycles. The van der Waals surface area contributed by atoms with Crippen LogP contribution in [0.4, 0.5) is 0 Å². The van der Waals surface area contributed by atoms with E-state index in [-0.39, 0.29) is 12.0 Å². The van der Waals surface area contributed by atoms with E-state index in [2.05, 4.69) is 31.4 Å². The number of rotatable bonds is 10. The molecule has 3 N–H and O–H groups in total. The largest absolute Gasteiger partial charge is 0.396 e. The van der Waals surface area contributed by atoms with Crippen molar-refractivity contribution in [3.8, 4) is 0 Å². The lowest BCUT2D eigenvalue weighted by molar-refractivity contribution is 0.175. The Bertz CT molecular complexity index is 425. The molecule has 3 atom stereocenters. The summed E-state index contributed by atoms with van der Waals surface area (Å²) in [5, 5.41) is 16.6. The normalized spacial score (nSPS) is 23.3. The van der Waals surface area contributed by atoms with Gasteiger partial charge in [-0.25, -0.2) is 0 Å². The van der Waals surface area contributed by atoms with Gasteiger partial charge in [0.15, 0.2) is 5.96 Å². The molecule has 1 saturated carbocycles. The summed E-state index contributed by atoms with van der Waals surface area (Å²) >= 11 is 0. The van der Waals surface area contributed by atoms with Crippen LogP contribution < -0.4 is 10.6 Å². The Morgan fingerprint density at radius 2 is 1.96 bits per heavy atom. The van der Waals surface area contributed by atoms with Crippen molar-refractivity contribution in [1.29, 1.82) is 0 Å². The van der Waals surface area contributed by atoms with Gasteiger partial charge in [0.05, 0.1) is 0 Å². The summed E-state index contributed by atoms with van der Waals surface area (Å²) in [5.41, 5.74) is 0.0793. The summed E-state index contributed by atoms with van der Waals surface area (Å²) < 4.78 is 12.1. The molecular formula is C19H39N3O2S. The second kappa shape index (κ2) is 11.9. The van der Waals surface area contributed by atoms with Gasteiger partial charge >= 0.3 is 0 Å². The Labute approximate surface area is 156 Å². The highest BCUT2D eigenvalue weighted by Crippen LogP contribution is 2.30. The van der Waals surface area contributed by atoms with Crippen molar-refractivity contribution in [3.63, 3.8) is 0 Å². The van der Waals surface area contributed by atoms with Crippen LogP contribution in [-0.4, -0.2) is 52.0 Å². The standard InChI is InChI=1S/C19H39N3O2S/c1-5-19(6-2,12-13-23)15-21-18(20-7-3)22-16-10-9-11-17(14-16)25(24)8-4/h16-17,23H,5-15H2,1-4H3,(H2,20,21,22). The minimum atomic E-state index is -0.704. The number of guanidine groups is 1. The van der Waals surface area contributed by atoms with Gasteiger partial charge in [-0.15, -0.1) is 0 Å². The Morgan fingerprint density at radius 3 is 2.52 bits per heavy atom. The predicted molar refractivity (Wildman–Crippen MR) is 109 cm³/mol. The molecule has 5 nitrogen and oxygen atoms in total. The first-order valence-corrected chi connectivity index (χ1v) is 11.4. The minimum Gasteiger partial charge on any atom is -0.396 e. The zero-order valence-electron chi connectivity index (χ0n) is 16.6. The lowest BCUT2D eigenvalue weighted by Crippen LogP contribution is -2.47. The van der Waals surface area contributed by atoms with Crippen LogP contribution in [0.1, 0.15) is 72.6 Å². The quantitative estimate of drug-likeness (QED) is 0.407. The van der Waals surface area contributed by atoms with Crippen LogP contribution in [0.2, 0.25) is 0 Å². The molecule has 0 aromatic heterocycles. The molecule has 1 aliphatic rings. The second-order valence-electron chi connectivity index (χ2n) is 7.18. The second-order valence-corrected chi connectivity index (χ2v) is 9.18. The lowest BCUT2D eigenvalue weighted by Gasteiger charge is -2.32. The molecule has 1 rings (SSSR count). The van der Waals surface area contributed by atoms with Crippen molar-refractivity contribution in [1.82, 2.24) is 10.6 Å². The molecule has 1 fully saturated rings. The van der Waals surface area contributed by atoms with Crippen molar-refractivity contribution in [2.24, 2.45) is 10.4 Å². The van der Waals surface area contributed by atoms with Gasteiger partial charge < -0.3 is 15.7 Å². The fourth-order valence-electron chi connectivity index (χ4n) is 3.65. The van der Waals surface area contributed by atoms with Gasteiger partial charge in [-0.3, -0.25) is 9.20 Å². The van der Waals surface area contributed by atoms with Gasteiger partial charge in [-0.1, -0.05) is 27.2 Å². The predicted octanol–water partition coefficient (Wildman–Crippen LogP) is 2.81. The van der Waals surface area contributed by atoms with Gasteiger partial charge in [0.25, 0.3) is 0 Å². The lowest BCUT2D eigenvalue weighted by atomic mass is 9.79. The number of nitrogens with zero attached hydrogens (tertiary/aromatic N) is 1. The van der Waals surface area contributed by atoms with E-state index in [0.29, 0.717) is 11.3 Å². The number of aliphatic hydroxyl groups is 1.